The number of nitrogens with two attached hydrogens (primary N) is 1. The number of methoxy groups -OCH3 is 1. The molecule has 1 unspecified atom stereocenters. The van der Waals surface area contributed by atoms with Gasteiger partial charge in [0.1, 0.15) is 0 Å². The number of rotatable bonds is 5. The highest BCUT2D eigenvalue weighted by atomic mass is 35.5. The third-order valence-electron chi connectivity index (χ3n) is 4.23. The van der Waals surface area contributed by atoms with Gasteiger partial charge in [0.05, 0.1) is 16.9 Å². The van der Waals surface area contributed by atoms with Gasteiger partial charge in [-0.2, -0.15) is 4.31 Å². The van der Waals surface area contributed by atoms with E-state index in [2.05, 4.69) is 0 Å². The smallest absolute Gasteiger partial charge is 0.312 e. The van der Waals surface area contributed by atoms with Gasteiger partial charge in [-0.3, -0.25) is 10.1 Å². The SMILES string of the molecule is COc1ccc(S(=O)(=O)N2CCC(C(C)N)CC2)cc1[N+](=O)[O-].Cl. The van der Waals surface area contributed by atoms with E-state index in [9.17, 15) is 18.5 Å². The fourth-order valence-corrected chi connectivity index (χ4v) is 4.25. The van der Waals surface area contributed by atoms with E-state index in [1.807, 2.05) is 6.92 Å². The van der Waals surface area contributed by atoms with Crippen LogP contribution in [0.1, 0.15) is 19.8 Å². The van der Waals surface area contributed by atoms with Gasteiger partial charge < -0.3 is 10.5 Å². The van der Waals surface area contributed by atoms with Gasteiger partial charge in [0.25, 0.3) is 0 Å². The number of sulfonamides is 1. The summed E-state index contributed by atoms with van der Waals surface area (Å²) in [5, 5.41) is 11.1. The van der Waals surface area contributed by atoms with Crippen LogP contribution in [0.3, 0.4) is 0 Å². The first-order valence-corrected chi connectivity index (χ1v) is 8.79. The Labute approximate surface area is 147 Å². The summed E-state index contributed by atoms with van der Waals surface area (Å²) in [5.74, 6) is 0.330. The van der Waals surface area contributed by atoms with Gasteiger partial charge in [0, 0.05) is 25.2 Å². The van der Waals surface area contributed by atoms with Crippen LogP contribution in [0.2, 0.25) is 0 Å². The summed E-state index contributed by atoms with van der Waals surface area (Å²) in [6, 6.07) is 3.71. The molecule has 1 saturated heterocycles. The second-order valence-electron chi connectivity index (χ2n) is 5.69. The van der Waals surface area contributed by atoms with Crippen molar-refractivity contribution in [1.82, 2.24) is 4.31 Å². The van der Waals surface area contributed by atoms with Gasteiger partial charge in [0.2, 0.25) is 10.0 Å². The Morgan fingerprint density at radius 2 is 1.96 bits per heavy atom. The maximum Gasteiger partial charge on any atom is 0.312 e. The summed E-state index contributed by atoms with van der Waals surface area (Å²) in [6.07, 6.45) is 1.38. The number of ether oxygens (including phenoxy) is 1. The molecule has 0 aromatic heterocycles. The summed E-state index contributed by atoms with van der Waals surface area (Å²) in [7, 11) is -2.46. The number of nitro benzene ring substituents is 1. The predicted octanol–water partition coefficient (Wildman–Crippen LogP) is 1.77. The summed E-state index contributed by atoms with van der Waals surface area (Å²) in [4.78, 5) is 10.3. The predicted molar refractivity (Wildman–Crippen MR) is 92.0 cm³/mol. The largest absolute Gasteiger partial charge is 0.490 e. The summed E-state index contributed by atoms with van der Waals surface area (Å²) in [6.45, 7) is 2.66. The number of benzene rings is 1. The van der Waals surface area contributed by atoms with Crippen molar-refractivity contribution in [2.24, 2.45) is 11.7 Å². The molecule has 1 aromatic carbocycles. The summed E-state index contributed by atoms with van der Waals surface area (Å²) >= 11 is 0. The molecule has 1 aliphatic heterocycles. The van der Waals surface area contributed by atoms with Crippen LogP contribution in [0.25, 0.3) is 0 Å². The second kappa shape index (κ2) is 8.11. The van der Waals surface area contributed by atoms with Crippen LogP contribution in [0.4, 0.5) is 5.69 Å². The molecule has 1 atom stereocenters. The molecule has 2 rings (SSSR count). The standard InChI is InChI=1S/C14H21N3O5S.ClH/c1-10(15)11-5-7-16(8-6-11)23(20,21)12-3-4-14(22-2)13(9-12)17(18)19;/h3-4,9-11H,5-8,15H2,1-2H3;1H. The van der Waals surface area contributed by atoms with Gasteiger partial charge in [-0.05, 0) is 37.8 Å². The highest BCUT2D eigenvalue weighted by molar-refractivity contribution is 7.89. The molecule has 0 radical (unpaired) electrons. The van der Waals surface area contributed by atoms with E-state index in [0.29, 0.717) is 31.8 Å². The van der Waals surface area contributed by atoms with Crippen LogP contribution in [-0.4, -0.2) is 43.9 Å². The van der Waals surface area contributed by atoms with Crippen molar-refractivity contribution in [2.75, 3.05) is 20.2 Å². The van der Waals surface area contributed by atoms with Crippen molar-refractivity contribution >= 4 is 28.1 Å². The molecule has 136 valence electrons. The molecule has 0 amide bonds. The molecule has 2 N–H and O–H groups in total. The topological polar surface area (TPSA) is 116 Å². The van der Waals surface area contributed by atoms with Gasteiger partial charge in [0.15, 0.2) is 5.75 Å². The Kier molecular flexibility index (Phi) is 6.97. The van der Waals surface area contributed by atoms with E-state index in [0.717, 1.165) is 6.07 Å². The average molecular weight is 380 g/mol. The van der Waals surface area contributed by atoms with E-state index >= 15 is 0 Å². The van der Waals surface area contributed by atoms with E-state index < -0.39 is 14.9 Å². The van der Waals surface area contributed by atoms with Crippen molar-refractivity contribution in [3.8, 4) is 5.75 Å². The molecule has 24 heavy (non-hydrogen) atoms. The lowest BCUT2D eigenvalue weighted by molar-refractivity contribution is -0.386. The van der Waals surface area contributed by atoms with Gasteiger partial charge in [-0.25, -0.2) is 8.42 Å². The van der Waals surface area contributed by atoms with Crippen LogP contribution >= 0.6 is 12.4 Å². The first kappa shape index (κ1) is 20.6. The lowest BCUT2D eigenvalue weighted by Gasteiger charge is -2.32. The molecule has 1 aliphatic rings. The Morgan fingerprint density at radius 1 is 1.38 bits per heavy atom. The maximum absolute atomic E-state index is 12.7. The normalized spacial score (nSPS) is 17.8. The molecule has 0 bridgehead atoms. The van der Waals surface area contributed by atoms with E-state index in [1.165, 1.54) is 23.5 Å². The van der Waals surface area contributed by atoms with E-state index in [1.54, 1.807) is 0 Å². The van der Waals surface area contributed by atoms with Gasteiger partial charge in [-0.15, -0.1) is 12.4 Å². The Morgan fingerprint density at radius 3 is 2.42 bits per heavy atom. The summed E-state index contributed by atoms with van der Waals surface area (Å²) in [5.41, 5.74) is 5.50. The zero-order chi connectivity index (χ0) is 17.2. The van der Waals surface area contributed by atoms with Crippen molar-refractivity contribution in [2.45, 2.75) is 30.7 Å². The van der Waals surface area contributed by atoms with E-state index in [4.69, 9.17) is 10.5 Å². The molecule has 8 nitrogen and oxygen atoms in total. The van der Waals surface area contributed by atoms with Crippen LogP contribution in [-0.2, 0) is 10.0 Å². The highest BCUT2D eigenvalue weighted by Crippen LogP contribution is 2.32. The highest BCUT2D eigenvalue weighted by Gasteiger charge is 2.32. The minimum atomic E-state index is -3.76. The zero-order valence-electron chi connectivity index (χ0n) is 13.5. The molecule has 1 fully saturated rings. The summed E-state index contributed by atoms with van der Waals surface area (Å²) < 4.78 is 31.6. The average Bonchev–Trinajstić information content (AvgIpc) is 2.54. The quantitative estimate of drug-likeness (QED) is 0.615. The van der Waals surface area contributed by atoms with Crippen molar-refractivity contribution in [3.05, 3.63) is 28.3 Å². The molecule has 10 heteroatoms. The van der Waals surface area contributed by atoms with Crippen LogP contribution in [0.5, 0.6) is 5.75 Å². The molecule has 0 saturated carbocycles. The van der Waals surface area contributed by atoms with Crippen molar-refractivity contribution < 1.29 is 18.1 Å². The van der Waals surface area contributed by atoms with Crippen molar-refractivity contribution in [3.63, 3.8) is 0 Å². The molecular formula is C14H22ClN3O5S. The minimum Gasteiger partial charge on any atom is -0.490 e. The molecule has 0 spiro atoms. The Hall–Kier alpha value is -1.42. The van der Waals surface area contributed by atoms with Gasteiger partial charge >= 0.3 is 5.69 Å². The van der Waals surface area contributed by atoms with Gasteiger partial charge in [-0.1, -0.05) is 0 Å². The zero-order valence-corrected chi connectivity index (χ0v) is 15.2. The Balaban J connectivity index is 0.00000288. The number of nitro groups is 1. The monoisotopic (exact) mass is 379 g/mol. The van der Waals surface area contributed by atoms with E-state index in [-0.39, 0.29) is 34.8 Å². The number of hydrogen-bond donors (Lipinski definition) is 1. The number of halogens is 1. The fraction of sp³-hybridized carbons (Fsp3) is 0.571. The molecule has 1 aromatic rings. The third-order valence-corrected chi connectivity index (χ3v) is 6.12. The Bertz CT molecular complexity index is 688. The molecule has 1 heterocycles. The second-order valence-corrected chi connectivity index (χ2v) is 7.63. The van der Waals surface area contributed by atoms with Crippen LogP contribution in [0, 0.1) is 16.0 Å². The third kappa shape index (κ3) is 4.15. The maximum atomic E-state index is 12.7. The number of nitrogens with zero attached hydrogens (tertiary/aromatic N) is 2. The number of piperidine rings is 1. The molecule has 0 aliphatic carbocycles. The lowest BCUT2D eigenvalue weighted by Crippen LogP contribution is -2.42. The first-order valence-electron chi connectivity index (χ1n) is 7.35. The fourth-order valence-electron chi connectivity index (χ4n) is 2.76. The van der Waals surface area contributed by atoms with Crippen LogP contribution in [0.15, 0.2) is 23.1 Å². The number of hydrogen-bond acceptors (Lipinski definition) is 6. The first-order chi connectivity index (χ1) is 10.8. The molecular weight excluding hydrogens is 358 g/mol. The van der Waals surface area contributed by atoms with Crippen LogP contribution < -0.4 is 10.5 Å². The lowest BCUT2D eigenvalue weighted by atomic mass is 9.92. The van der Waals surface area contributed by atoms with Crippen molar-refractivity contribution in [1.29, 1.82) is 0 Å². The minimum absolute atomic E-state index is 0.